The Kier molecular flexibility index (Phi) is 12.3. The Morgan fingerprint density at radius 3 is 2.60 bits per heavy atom. The Bertz CT molecular complexity index is 1910. The fraction of sp³-hybridized carbons (Fsp3) is 0.514. The molecular formula is C35H44ClN5O9S2. The van der Waals surface area contributed by atoms with E-state index in [4.69, 9.17) is 35.1 Å². The normalized spacial score (nSPS) is 20.9. The van der Waals surface area contributed by atoms with E-state index in [2.05, 4.69) is 20.6 Å². The van der Waals surface area contributed by atoms with Crippen molar-refractivity contribution in [2.45, 2.75) is 90.7 Å². The number of carbonyl (C=O) groups excluding carboxylic acids is 3. The van der Waals surface area contributed by atoms with E-state index < -0.39 is 52.1 Å². The highest BCUT2D eigenvalue weighted by molar-refractivity contribution is 7.84. The van der Waals surface area contributed by atoms with E-state index in [0.29, 0.717) is 16.5 Å². The van der Waals surface area contributed by atoms with Crippen LogP contribution in [-0.4, -0.2) is 73.2 Å². The van der Waals surface area contributed by atoms with Gasteiger partial charge in [0.15, 0.2) is 0 Å². The van der Waals surface area contributed by atoms with Crippen LogP contribution in [0.25, 0.3) is 0 Å². The quantitative estimate of drug-likeness (QED) is 0.159. The molecule has 4 N–H and O–H groups in total. The Labute approximate surface area is 312 Å². The van der Waals surface area contributed by atoms with E-state index in [1.54, 1.807) is 34.6 Å². The number of thiophene rings is 1. The molecule has 282 valence electrons. The van der Waals surface area contributed by atoms with Gasteiger partial charge in [-0.05, 0) is 81.3 Å². The van der Waals surface area contributed by atoms with Gasteiger partial charge in [-0.25, -0.2) is 24.7 Å². The number of ether oxygens (including phenoxy) is 3. The minimum atomic E-state index is -4.29. The molecule has 1 fully saturated rings. The smallest absolute Gasteiger partial charge is 0.408 e. The van der Waals surface area contributed by atoms with Crippen LogP contribution in [0.15, 0.2) is 36.8 Å². The number of hydrogen-bond donors (Lipinski definition) is 3. The molecule has 3 aromatic rings. The number of rotatable bonds is 12. The minimum Gasteiger partial charge on any atom is -0.460 e. The fourth-order valence-corrected chi connectivity index (χ4v) is 7.88. The lowest BCUT2D eigenvalue weighted by molar-refractivity contribution is -0.155. The molecule has 1 aromatic carbocycles. The van der Waals surface area contributed by atoms with Gasteiger partial charge in [0.2, 0.25) is 5.78 Å². The molecule has 0 spiro atoms. The largest absolute Gasteiger partial charge is 0.460 e. The highest BCUT2D eigenvalue weighted by Gasteiger charge is 2.40. The van der Waals surface area contributed by atoms with Gasteiger partial charge in [0.1, 0.15) is 36.0 Å². The van der Waals surface area contributed by atoms with E-state index in [1.165, 1.54) is 23.9 Å². The molecule has 3 heterocycles. The standard InChI is InChI=1S/C35H44ClN5O9S2/c1-18(2)29(41-34(44)50-35(4,5)6)33(43)49-27-13-23(11-21(27)16-48-52(37,45)46)40-32-26(15-38-17-39-32)30(42)28-14-24(19(3)51-28)31-25-12-22(36)8-7-20(25)9-10-47-31/h7-8,12,14-15,17-18,21,23,27,29,31H,9-11,13,16H2,1-6H3,(H,41,44)(H2,37,45,46)(H,38,39,40)/t21?,23?,27?,29-,31+/m1/s1. The molecule has 5 rings (SSSR count). The van der Waals surface area contributed by atoms with Crippen molar-refractivity contribution in [1.82, 2.24) is 15.3 Å². The Hall–Kier alpha value is -3.67. The third kappa shape index (κ3) is 10.0. The van der Waals surface area contributed by atoms with Crippen LogP contribution in [0.1, 0.15) is 90.4 Å². The molecule has 52 heavy (non-hydrogen) atoms. The number of ketones is 1. The number of aryl methyl sites for hydroxylation is 1. The number of amides is 1. The predicted octanol–water partition coefficient (Wildman–Crippen LogP) is 5.26. The number of anilines is 1. The van der Waals surface area contributed by atoms with Crippen LogP contribution in [0.4, 0.5) is 10.6 Å². The van der Waals surface area contributed by atoms with E-state index in [9.17, 15) is 22.8 Å². The zero-order valence-corrected chi connectivity index (χ0v) is 32.2. The van der Waals surface area contributed by atoms with Crippen LogP contribution < -0.4 is 15.8 Å². The molecule has 17 heteroatoms. The number of benzene rings is 1. The number of nitrogens with zero attached hydrogens (tertiary/aromatic N) is 2. The maximum atomic E-state index is 14.0. The van der Waals surface area contributed by atoms with Crippen LogP contribution >= 0.6 is 22.9 Å². The molecule has 0 saturated heterocycles. The minimum absolute atomic E-state index is 0.211. The van der Waals surface area contributed by atoms with E-state index >= 15 is 0 Å². The summed E-state index contributed by atoms with van der Waals surface area (Å²) < 4.78 is 45.6. The number of halogens is 1. The summed E-state index contributed by atoms with van der Waals surface area (Å²) in [5.74, 6) is -1.73. The molecule has 3 unspecified atom stereocenters. The zero-order chi connectivity index (χ0) is 38.0. The van der Waals surface area contributed by atoms with Crippen LogP contribution in [0.3, 0.4) is 0 Å². The van der Waals surface area contributed by atoms with Crippen molar-refractivity contribution in [1.29, 1.82) is 0 Å². The van der Waals surface area contributed by atoms with Crippen molar-refractivity contribution < 1.29 is 41.2 Å². The number of aromatic nitrogens is 2. The Balaban J connectivity index is 1.34. The summed E-state index contributed by atoms with van der Waals surface area (Å²) in [6, 6.07) is 6.13. The van der Waals surface area contributed by atoms with E-state index in [1.807, 2.05) is 31.2 Å². The first-order chi connectivity index (χ1) is 24.4. The summed E-state index contributed by atoms with van der Waals surface area (Å²) in [7, 11) is -4.29. The van der Waals surface area contributed by atoms with Crippen molar-refractivity contribution in [3.05, 3.63) is 73.8 Å². The third-order valence-electron chi connectivity index (χ3n) is 8.74. The first kappa shape index (κ1) is 39.5. The van der Waals surface area contributed by atoms with Crippen molar-refractivity contribution in [3.63, 3.8) is 0 Å². The van der Waals surface area contributed by atoms with Gasteiger partial charge in [0.05, 0.1) is 23.7 Å². The highest BCUT2D eigenvalue weighted by Crippen LogP contribution is 2.40. The fourth-order valence-electron chi connectivity index (χ4n) is 6.34. The van der Waals surface area contributed by atoms with Crippen molar-refractivity contribution in [3.8, 4) is 0 Å². The molecular weight excluding hydrogens is 734 g/mol. The molecule has 2 aliphatic rings. The number of esters is 1. The average molecular weight is 778 g/mol. The van der Waals surface area contributed by atoms with Gasteiger partial charge >= 0.3 is 22.4 Å². The maximum Gasteiger partial charge on any atom is 0.408 e. The number of fused-ring (bicyclic) bond motifs is 1. The lowest BCUT2D eigenvalue weighted by atomic mass is 9.93. The van der Waals surface area contributed by atoms with Crippen molar-refractivity contribution in [2.24, 2.45) is 17.0 Å². The first-order valence-corrected chi connectivity index (χ1v) is 19.5. The highest BCUT2D eigenvalue weighted by atomic mass is 35.5. The molecule has 5 atom stereocenters. The Morgan fingerprint density at radius 2 is 1.90 bits per heavy atom. The third-order valence-corrected chi connectivity index (χ3v) is 10.5. The summed E-state index contributed by atoms with van der Waals surface area (Å²) in [6.45, 7) is 10.7. The molecule has 1 saturated carbocycles. The summed E-state index contributed by atoms with van der Waals surface area (Å²) in [5.41, 5.74) is 2.44. The second-order valence-corrected chi connectivity index (χ2v) is 17.2. The number of alkyl carbamates (subject to hydrolysis) is 1. The van der Waals surface area contributed by atoms with Gasteiger partial charge < -0.3 is 24.8 Å². The molecule has 1 aliphatic carbocycles. The maximum absolute atomic E-state index is 14.0. The van der Waals surface area contributed by atoms with Crippen molar-refractivity contribution >= 4 is 56.9 Å². The van der Waals surface area contributed by atoms with Crippen LogP contribution in [0, 0.1) is 18.8 Å². The predicted molar refractivity (Wildman–Crippen MR) is 195 cm³/mol. The topological polar surface area (TPSA) is 198 Å². The summed E-state index contributed by atoms with van der Waals surface area (Å²) in [6.07, 6.45) is 2.02. The Morgan fingerprint density at radius 1 is 1.15 bits per heavy atom. The van der Waals surface area contributed by atoms with Crippen molar-refractivity contribution in [2.75, 3.05) is 18.5 Å². The molecule has 0 bridgehead atoms. The van der Waals surface area contributed by atoms with Gasteiger partial charge in [-0.3, -0.25) is 8.98 Å². The van der Waals surface area contributed by atoms with Crippen LogP contribution in [0.2, 0.25) is 5.02 Å². The van der Waals surface area contributed by atoms with Crippen LogP contribution in [-0.2, 0) is 39.9 Å². The van der Waals surface area contributed by atoms with Gasteiger partial charge in [0, 0.05) is 34.5 Å². The number of nitrogens with one attached hydrogen (secondary N) is 2. The lowest BCUT2D eigenvalue weighted by Gasteiger charge is -2.27. The summed E-state index contributed by atoms with van der Waals surface area (Å²) in [4.78, 5) is 49.8. The second kappa shape index (κ2) is 16.1. The molecule has 1 aliphatic heterocycles. The summed E-state index contributed by atoms with van der Waals surface area (Å²) in [5, 5.41) is 11.6. The molecule has 1 amide bonds. The number of nitrogens with two attached hydrogens (primary N) is 1. The number of hydrogen-bond acceptors (Lipinski definition) is 13. The number of carbonyl (C=O) groups is 3. The van der Waals surface area contributed by atoms with Gasteiger partial charge in [-0.2, -0.15) is 8.42 Å². The van der Waals surface area contributed by atoms with Gasteiger partial charge in [0.25, 0.3) is 0 Å². The van der Waals surface area contributed by atoms with Gasteiger partial charge in [-0.1, -0.05) is 31.5 Å². The second-order valence-electron chi connectivity index (χ2n) is 14.3. The average Bonchev–Trinajstić information content (AvgIpc) is 3.63. The van der Waals surface area contributed by atoms with Crippen LogP contribution in [0.5, 0.6) is 0 Å². The molecule has 2 aromatic heterocycles. The van der Waals surface area contributed by atoms with E-state index in [-0.39, 0.29) is 48.6 Å². The van der Waals surface area contributed by atoms with E-state index in [0.717, 1.165) is 28.0 Å². The lowest BCUT2D eigenvalue weighted by Crippen LogP contribution is -2.48. The van der Waals surface area contributed by atoms with Gasteiger partial charge in [-0.15, -0.1) is 11.3 Å². The first-order valence-electron chi connectivity index (χ1n) is 16.9. The monoisotopic (exact) mass is 777 g/mol. The SMILES string of the molecule is Cc1sc(C(=O)c2cncnc2NC2CC(COS(N)(=O)=O)C(OC(=O)[C@H](NC(=O)OC(C)(C)C)C(C)C)C2)cc1[C@@H]1OCCc2ccc(Cl)cc21. The summed E-state index contributed by atoms with van der Waals surface area (Å²) >= 11 is 7.67. The molecule has 14 nitrogen and oxygen atoms in total. The zero-order valence-electron chi connectivity index (χ0n) is 29.8. The molecule has 0 radical (unpaired) electrons.